The third kappa shape index (κ3) is 2.23. The van der Waals surface area contributed by atoms with Gasteiger partial charge in [0.25, 0.3) is 5.91 Å². The van der Waals surface area contributed by atoms with E-state index in [0.717, 1.165) is 22.3 Å². The van der Waals surface area contributed by atoms with E-state index in [4.69, 9.17) is 5.73 Å². The second-order valence-electron chi connectivity index (χ2n) is 3.85. The van der Waals surface area contributed by atoms with Crippen molar-refractivity contribution in [1.82, 2.24) is 14.6 Å². The number of nitrogen functional groups attached to an aromatic ring is 1. The zero-order chi connectivity index (χ0) is 13.2. The largest absolute Gasteiger partial charge is 0.383 e. The average Bonchev–Trinajstić information content (AvgIpc) is 2.91. The fourth-order valence-electron chi connectivity index (χ4n) is 1.74. The Bertz CT molecular complexity index is 741. The Balaban J connectivity index is 1.98. The first-order valence-corrected chi connectivity index (χ1v) is 6.25. The maximum Gasteiger partial charge on any atom is 0.275 e. The van der Waals surface area contributed by atoms with E-state index in [1.807, 2.05) is 24.3 Å². The zero-order valence-corrected chi connectivity index (χ0v) is 10.5. The fourth-order valence-corrected chi connectivity index (χ4v) is 2.16. The van der Waals surface area contributed by atoms with Gasteiger partial charge in [0.15, 0.2) is 0 Å². The van der Waals surface area contributed by atoms with E-state index in [1.54, 1.807) is 6.07 Å². The molecule has 1 aromatic carbocycles. The van der Waals surface area contributed by atoms with Gasteiger partial charge in [0.1, 0.15) is 16.5 Å². The molecular formula is C12H9N5OS. The molecule has 0 atom stereocenters. The van der Waals surface area contributed by atoms with Crippen LogP contribution in [0.15, 0.2) is 36.5 Å². The van der Waals surface area contributed by atoms with Crippen molar-refractivity contribution < 1.29 is 4.79 Å². The minimum Gasteiger partial charge on any atom is -0.383 e. The van der Waals surface area contributed by atoms with Crippen LogP contribution in [-0.2, 0) is 0 Å². The fraction of sp³-hybridized carbons (Fsp3) is 0. The van der Waals surface area contributed by atoms with Crippen LogP contribution in [0.3, 0.4) is 0 Å². The molecule has 0 unspecified atom stereocenters. The zero-order valence-electron chi connectivity index (χ0n) is 9.70. The summed E-state index contributed by atoms with van der Waals surface area (Å²) in [4.78, 5) is 16.1. The Hall–Kier alpha value is -2.54. The van der Waals surface area contributed by atoms with Crippen LogP contribution in [0.5, 0.6) is 0 Å². The van der Waals surface area contributed by atoms with Gasteiger partial charge in [0.05, 0.1) is 6.20 Å². The van der Waals surface area contributed by atoms with Crippen molar-refractivity contribution in [2.45, 2.75) is 0 Å². The third-order valence-corrected chi connectivity index (χ3v) is 3.18. The Morgan fingerprint density at radius 2 is 2.16 bits per heavy atom. The molecular weight excluding hydrogens is 262 g/mol. The number of hydrogen-bond donors (Lipinski definition) is 2. The Labute approximate surface area is 112 Å². The predicted molar refractivity (Wildman–Crippen MR) is 74.0 cm³/mol. The quantitative estimate of drug-likeness (QED) is 0.742. The van der Waals surface area contributed by atoms with Crippen LogP contribution in [0.4, 0.5) is 10.8 Å². The molecule has 1 amide bonds. The number of rotatable bonds is 2. The summed E-state index contributed by atoms with van der Waals surface area (Å²) >= 11 is 1.10. The molecule has 2 heterocycles. The first-order valence-electron chi connectivity index (χ1n) is 5.48. The van der Waals surface area contributed by atoms with Crippen molar-refractivity contribution in [3.63, 3.8) is 0 Å². The molecule has 3 rings (SSSR count). The monoisotopic (exact) mass is 271 g/mol. The summed E-state index contributed by atoms with van der Waals surface area (Å²) in [5, 5.41) is 8.59. The third-order valence-electron chi connectivity index (χ3n) is 2.60. The molecule has 2 aromatic heterocycles. The van der Waals surface area contributed by atoms with Crippen LogP contribution in [0, 0.1) is 0 Å². The molecule has 6 nitrogen and oxygen atoms in total. The minimum absolute atomic E-state index is 0.268. The maximum atomic E-state index is 12.0. The smallest absolute Gasteiger partial charge is 0.275 e. The molecule has 3 N–H and O–H groups in total. The number of nitrogens with one attached hydrogen (secondary N) is 1. The highest BCUT2D eigenvalue weighted by Gasteiger charge is 2.11. The molecule has 0 bridgehead atoms. The standard InChI is InChI=1S/C12H9N5OS/c13-11-8-4-2-1-3-7(8)5-9(15-11)12(18)16-10-6-14-17-19-10/h1-6H,(H2,13,15)(H,16,18). The van der Waals surface area contributed by atoms with Gasteiger partial charge in [-0.3, -0.25) is 4.79 Å². The van der Waals surface area contributed by atoms with Crippen molar-refractivity contribution in [2.24, 2.45) is 0 Å². The Morgan fingerprint density at radius 1 is 1.32 bits per heavy atom. The summed E-state index contributed by atoms with van der Waals surface area (Å²) < 4.78 is 3.67. The number of nitrogens with zero attached hydrogens (tertiary/aromatic N) is 3. The molecule has 0 radical (unpaired) electrons. The van der Waals surface area contributed by atoms with Crippen LogP contribution in [0.1, 0.15) is 10.5 Å². The Morgan fingerprint density at radius 3 is 2.95 bits per heavy atom. The lowest BCUT2D eigenvalue weighted by molar-refractivity contribution is 0.102. The molecule has 19 heavy (non-hydrogen) atoms. The van der Waals surface area contributed by atoms with Crippen molar-refractivity contribution in [2.75, 3.05) is 11.1 Å². The molecule has 0 saturated heterocycles. The number of benzene rings is 1. The van der Waals surface area contributed by atoms with Gasteiger partial charge < -0.3 is 11.1 Å². The van der Waals surface area contributed by atoms with Gasteiger partial charge in [-0.05, 0) is 11.5 Å². The van der Waals surface area contributed by atoms with Gasteiger partial charge >= 0.3 is 0 Å². The molecule has 94 valence electrons. The Kier molecular flexibility index (Phi) is 2.81. The van der Waals surface area contributed by atoms with E-state index in [1.165, 1.54) is 6.20 Å². The predicted octanol–water partition coefficient (Wildman–Crippen LogP) is 1.92. The number of nitrogens with two attached hydrogens (primary N) is 1. The summed E-state index contributed by atoms with van der Waals surface area (Å²) in [6.07, 6.45) is 1.48. The van der Waals surface area contributed by atoms with Gasteiger partial charge in [-0.25, -0.2) is 4.98 Å². The molecule has 0 aliphatic carbocycles. The van der Waals surface area contributed by atoms with Crippen molar-refractivity contribution in [3.8, 4) is 0 Å². The van der Waals surface area contributed by atoms with Crippen molar-refractivity contribution in [3.05, 3.63) is 42.2 Å². The lowest BCUT2D eigenvalue weighted by Gasteiger charge is -2.05. The normalized spacial score (nSPS) is 10.5. The maximum absolute atomic E-state index is 12.0. The molecule has 0 aliphatic heterocycles. The highest BCUT2D eigenvalue weighted by Crippen LogP contribution is 2.20. The highest BCUT2D eigenvalue weighted by molar-refractivity contribution is 7.10. The van der Waals surface area contributed by atoms with E-state index in [2.05, 4.69) is 19.9 Å². The van der Waals surface area contributed by atoms with E-state index in [-0.39, 0.29) is 11.6 Å². The van der Waals surface area contributed by atoms with Gasteiger partial charge in [-0.1, -0.05) is 28.8 Å². The molecule has 0 spiro atoms. The number of carbonyl (C=O) groups is 1. The topological polar surface area (TPSA) is 93.8 Å². The number of carbonyl (C=O) groups excluding carboxylic acids is 1. The number of fused-ring (bicyclic) bond motifs is 1. The summed E-state index contributed by atoms with van der Waals surface area (Å²) in [7, 11) is 0. The first-order chi connectivity index (χ1) is 9.24. The van der Waals surface area contributed by atoms with E-state index < -0.39 is 0 Å². The second-order valence-corrected chi connectivity index (χ2v) is 4.64. The van der Waals surface area contributed by atoms with Crippen LogP contribution >= 0.6 is 11.5 Å². The lowest BCUT2D eigenvalue weighted by atomic mass is 10.1. The number of pyridine rings is 1. The van der Waals surface area contributed by atoms with Gasteiger partial charge in [0.2, 0.25) is 0 Å². The number of aromatic nitrogens is 3. The van der Waals surface area contributed by atoms with Gasteiger partial charge in [-0.2, -0.15) is 0 Å². The molecule has 0 saturated carbocycles. The first kappa shape index (κ1) is 11.5. The number of hydrogen-bond acceptors (Lipinski definition) is 6. The van der Waals surface area contributed by atoms with Crippen LogP contribution in [-0.4, -0.2) is 20.5 Å². The number of amides is 1. The SMILES string of the molecule is Nc1nc(C(=O)Nc2cnns2)cc2ccccc12. The van der Waals surface area contributed by atoms with E-state index in [0.29, 0.717) is 10.8 Å². The average molecular weight is 271 g/mol. The van der Waals surface area contributed by atoms with Crippen LogP contribution in [0.25, 0.3) is 10.8 Å². The van der Waals surface area contributed by atoms with E-state index in [9.17, 15) is 4.79 Å². The molecule has 3 aromatic rings. The summed E-state index contributed by atoms with van der Waals surface area (Å²) in [6, 6.07) is 9.22. The van der Waals surface area contributed by atoms with Crippen molar-refractivity contribution in [1.29, 1.82) is 0 Å². The van der Waals surface area contributed by atoms with Crippen LogP contribution < -0.4 is 11.1 Å². The van der Waals surface area contributed by atoms with Crippen LogP contribution in [0.2, 0.25) is 0 Å². The molecule has 0 aliphatic rings. The summed E-state index contributed by atoms with van der Waals surface area (Å²) in [6.45, 7) is 0. The number of anilines is 2. The van der Waals surface area contributed by atoms with Gasteiger partial charge in [0, 0.05) is 16.9 Å². The summed E-state index contributed by atoms with van der Waals surface area (Å²) in [5.74, 6) is 0.00850. The molecule has 7 heteroatoms. The van der Waals surface area contributed by atoms with E-state index >= 15 is 0 Å². The van der Waals surface area contributed by atoms with Gasteiger partial charge in [-0.15, -0.1) is 5.10 Å². The molecule has 0 fully saturated rings. The highest BCUT2D eigenvalue weighted by atomic mass is 32.1. The van der Waals surface area contributed by atoms with Crippen molar-refractivity contribution >= 4 is 39.0 Å². The second kappa shape index (κ2) is 4.62. The minimum atomic E-state index is -0.330. The lowest BCUT2D eigenvalue weighted by Crippen LogP contribution is -2.13. The summed E-state index contributed by atoms with van der Waals surface area (Å²) in [5.41, 5.74) is 6.12.